The summed E-state index contributed by atoms with van der Waals surface area (Å²) < 4.78 is 27.1. The van der Waals surface area contributed by atoms with E-state index in [1.807, 2.05) is 0 Å². The quantitative estimate of drug-likeness (QED) is 0.837. The molecule has 0 radical (unpaired) electrons. The predicted molar refractivity (Wildman–Crippen MR) is 60.1 cm³/mol. The van der Waals surface area contributed by atoms with Crippen LogP contribution in [0.15, 0.2) is 12.1 Å². The Morgan fingerprint density at radius 2 is 2.06 bits per heavy atom. The van der Waals surface area contributed by atoms with Crippen LogP contribution >= 0.6 is 0 Å². The molecule has 0 aliphatic heterocycles. The van der Waals surface area contributed by atoms with Crippen molar-refractivity contribution < 1.29 is 8.78 Å². The lowest BCUT2D eigenvalue weighted by molar-refractivity contribution is 0.509. The lowest BCUT2D eigenvalue weighted by atomic mass is 10.0. The minimum absolute atomic E-state index is 0.0966. The van der Waals surface area contributed by atoms with E-state index in [9.17, 15) is 8.78 Å². The van der Waals surface area contributed by atoms with Gasteiger partial charge in [0.15, 0.2) is 0 Å². The largest absolute Gasteiger partial charge is 0.327 e. The van der Waals surface area contributed by atoms with Crippen molar-refractivity contribution >= 4 is 0 Å². The van der Waals surface area contributed by atoms with Crippen LogP contribution in [0.1, 0.15) is 30.4 Å². The topological polar surface area (TPSA) is 26.0 Å². The van der Waals surface area contributed by atoms with Crippen molar-refractivity contribution in [3.63, 3.8) is 0 Å². The van der Waals surface area contributed by atoms with Gasteiger partial charge in [-0.15, -0.1) is 0 Å². The van der Waals surface area contributed by atoms with E-state index < -0.39 is 11.6 Å². The number of halogens is 2. The van der Waals surface area contributed by atoms with Gasteiger partial charge in [-0.05, 0) is 50.2 Å². The first-order valence-corrected chi connectivity index (χ1v) is 5.78. The van der Waals surface area contributed by atoms with Gasteiger partial charge in [-0.3, -0.25) is 0 Å². The lowest BCUT2D eigenvalue weighted by Crippen LogP contribution is -2.23. The molecule has 16 heavy (non-hydrogen) atoms. The molecule has 3 heteroatoms. The van der Waals surface area contributed by atoms with Crippen LogP contribution in [0.2, 0.25) is 0 Å². The van der Waals surface area contributed by atoms with Crippen molar-refractivity contribution in [2.45, 2.75) is 38.6 Å². The Bertz CT molecular complexity index is 386. The molecule has 88 valence electrons. The first kappa shape index (κ1) is 11.5. The minimum Gasteiger partial charge on any atom is -0.327 e. The summed E-state index contributed by atoms with van der Waals surface area (Å²) >= 11 is 0. The van der Waals surface area contributed by atoms with Gasteiger partial charge in [-0.1, -0.05) is 6.07 Å². The van der Waals surface area contributed by atoms with Crippen LogP contribution in [-0.2, 0) is 6.42 Å². The first-order valence-electron chi connectivity index (χ1n) is 5.78. The Morgan fingerprint density at radius 3 is 2.69 bits per heavy atom. The van der Waals surface area contributed by atoms with Crippen LogP contribution in [0.3, 0.4) is 0 Å². The molecule has 1 atom stereocenters. The van der Waals surface area contributed by atoms with Gasteiger partial charge in [0.2, 0.25) is 0 Å². The maximum atomic E-state index is 13.6. The van der Waals surface area contributed by atoms with Crippen LogP contribution < -0.4 is 5.73 Å². The van der Waals surface area contributed by atoms with Gasteiger partial charge in [0.25, 0.3) is 0 Å². The van der Waals surface area contributed by atoms with Crippen molar-refractivity contribution in [1.82, 2.24) is 0 Å². The number of nitrogens with two attached hydrogens (primary N) is 1. The Kier molecular flexibility index (Phi) is 3.24. The highest BCUT2D eigenvalue weighted by Gasteiger charge is 2.28. The molecule has 1 aromatic rings. The van der Waals surface area contributed by atoms with E-state index in [1.54, 1.807) is 6.92 Å². The average Bonchev–Trinajstić information content (AvgIpc) is 3.07. The highest BCUT2D eigenvalue weighted by molar-refractivity contribution is 5.26. The molecule has 1 saturated carbocycles. The fourth-order valence-corrected chi connectivity index (χ4v) is 2.02. The van der Waals surface area contributed by atoms with Crippen molar-refractivity contribution in [3.8, 4) is 0 Å². The van der Waals surface area contributed by atoms with Gasteiger partial charge >= 0.3 is 0 Å². The number of hydrogen-bond acceptors (Lipinski definition) is 1. The lowest BCUT2D eigenvalue weighted by Gasteiger charge is -2.11. The van der Waals surface area contributed by atoms with Crippen LogP contribution in [0.4, 0.5) is 8.78 Å². The van der Waals surface area contributed by atoms with E-state index in [4.69, 9.17) is 5.73 Å². The third-order valence-electron chi connectivity index (χ3n) is 3.33. The van der Waals surface area contributed by atoms with Gasteiger partial charge in [-0.2, -0.15) is 0 Å². The summed E-state index contributed by atoms with van der Waals surface area (Å²) in [5.74, 6) is -0.287. The van der Waals surface area contributed by atoms with Crippen LogP contribution in [0, 0.1) is 24.5 Å². The molecule has 1 aliphatic rings. The van der Waals surface area contributed by atoms with Gasteiger partial charge in [-0.25, -0.2) is 8.78 Å². The normalized spacial score (nSPS) is 17.5. The minimum atomic E-state index is -0.453. The third-order valence-corrected chi connectivity index (χ3v) is 3.33. The fraction of sp³-hybridized carbons (Fsp3) is 0.538. The summed E-state index contributed by atoms with van der Waals surface area (Å²) in [5.41, 5.74) is 6.61. The van der Waals surface area contributed by atoms with E-state index in [2.05, 4.69) is 0 Å². The molecule has 2 rings (SSSR count). The highest BCUT2D eigenvalue weighted by atomic mass is 19.1. The van der Waals surface area contributed by atoms with E-state index in [0.717, 1.165) is 0 Å². The Labute approximate surface area is 94.7 Å². The summed E-state index contributed by atoms with van der Waals surface area (Å²) in [6, 6.07) is 2.89. The third kappa shape index (κ3) is 2.40. The van der Waals surface area contributed by atoms with Gasteiger partial charge in [0.05, 0.1) is 0 Å². The summed E-state index contributed by atoms with van der Waals surface area (Å²) in [6.45, 7) is 1.65. The molecule has 1 fully saturated rings. The number of hydrogen-bond donors (Lipinski definition) is 1. The molecule has 0 saturated heterocycles. The second-order valence-corrected chi connectivity index (χ2v) is 4.70. The smallest absolute Gasteiger partial charge is 0.132 e. The van der Waals surface area contributed by atoms with Crippen molar-refractivity contribution in [1.29, 1.82) is 0 Å². The second kappa shape index (κ2) is 4.50. The van der Waals surface area contributed by atoms with Crippen LogP contribution in [-0.4, -0.2) is 6.04 Å². The van der Waals surface area contributed by atoms with Gasteiger partial charge in [0, 0.05) is 11.6 Å². The molecule has 1 unspecified atom stereocenters. The van der Waals surface area contributed by atoms with E-state index in [-0.39, 0.29) is 11.6 Å². The molecule has 0 heterocycles. The van der Waals surface area contributed by atoms with Crippen LogP contribution in [0.25, 0.3) is 0 Å². The van der Waals surface area contributed by atoms with Crippen molar-refractivity contribution in [2.75, 3.05) is 0 Å². The molecule has 0 spiro atoms. The fourth-order valence-electron chi connectivity index (χ4n) is 2.02. The van der Waals surface area contributed by atoms with E-state index in [0.29, 0.717) is 24.3 Å². The Morgan fingerprint density at radius 1 is 1.38 bits per heavy atom. The maximum absolute atomic E-state index is 13.6. The zero-order valence-corrected chi connectivity index (χ0v) is 9.47. The standard InChI is InChI=1S/C13H17F2N/c1-8-2-6-11(14)10(13(8)15)5-7-12(16)9-3-4-9/h2,6,9,12H,3-5,7,16H2,1H3. The van der Waals surface area contributed by atoms with Gasteiger partial charge in [0.1, 0.15) is 11.6 Å². The molecular weight excluding hydrogens is 208 g/mol. The molecule has 0 bridgehead atoms. The van der Waals surface area contributed by atoms with Crippen molar-refractivity contribution in [3.05, 3.63) is 34.9 Å². The summed E-state index contributed by atoms with van der Waals surface area (Å²) in [5, 5.41) is 0. The second-order valence-electron chi connectivity index (χ2n) is 4.70. The molecule has 0 amide bonds. The molecule has 1 nitrogen and oxygen atoms in total. The monoisotopic (exact) mass is 225 g/mol. The van der Waals surface area contributed by atoms with E-state index in [1.165, 1.54) is 25.0 Å². The summed E-state index contributed by atoms with van der Waals surface area (Å²) in [7, 11) is 0. The number of rotatable bonds is 4. The Hall–Kier alpha value is -0.960. The SMILES string of the molecule is Cc1ccc(F)c(CCC(N)C2CC2)c1F. The number of benzene rings is 1. The molecule has 1 aromatic carbocycles. The van der Waals surface area contributed by atoms with E-state index >= 15 is 0 Å². The molecule has 0 aromatic heterocycles. The van der Waals surface area contributed by atoms with Gasteiger partial charge < -0.3 is 5.73 Å². The Balaban J connectivity index is 2.05. The maximum Gasteiger partial charge on any atom is 0.132 e. The zero-order valence-electron chi connectivity index (χ0n) is 9.47. The highest BCUT2D eigenvalue weighted by Crippen LogP contribution is 2.33. The molecule has 2 N–H and O–H groups in total. The summed E-state index contributed by atoms with van der Waals surface area (Å²) in [6.07, 6.45) is 3.40. The van der Waals surface area contributed by atoms with Crippen LogP contribution in [0.5, 0.6) is 0 Å². The van der Waals surface area contributed by atoms with Crippen molar-refractivity contribution in [2.24, 2.45) is 11.7 Å². The zero-order chi connectivity index (χ0) is 11.7. The average molecular weight is 225 g/mol. The molecule has 1 aliphatic carbocycles. The first-order chi connectivity index (χ1) is 7.59. The number of aryl methyl sites for hydroxylation is 1. The predicted octanol–water partition coefficient (Wildman–Crippen LogP) is 2.94. The molecular formula is C13H17F2N. The summed E-state index contributed by atoms with van der Waals surface area (Å²) in [4.78, 5) is 0.